The van der Waals surface area contributed by atoms with Gasteiger partial charge in [0.15, 0.2) is 0 Å². The Kier molecular flexibility index (Phi) is 3.36. The average Bonchev–Trinajstić information content (AvgIpc) is 2.47. The number of phenols is 1. The molecule has 0 saturated carbocycles. The highest BCUT2D eigenvalue weighted by Gasteiger charge is 2.10. The molecule has 100 valence electrons. The third kappa shape index (κ3) is 2.37. The number of hydrogen-bond acceptors (Lipinski definition) is 2. The predicted octanol–water partition coefficient (Wildman–Crippen LogP) is 5.41. The van der Waals surface area contributed by atoms with Gasteiger partial charge < -0.3 is 9.84 Å². The summed E-state index contributed by atoms with van der Waals surface area (Å²) in [4.78, 5) is 0. The van der Waals surface area contributed by atoms with Gasteiger partial charge >= 0.3 is 0 Å². The smallest absolute Gasteiger partial charge is 0.134 e. The first-order valence-electron chi connectivity index (χ1n) is 6.30. The highest BCUT2D eigenvalue weighted by Crippen LogP contribution is 2.37. The van der Waals surface area contributed by atoms with E-state index < -0.39 is 0 Å². The third-order valence-electron chi connectivity index (χ3n) is 3.27. The van der Waals surface area contributed by atoms with Crippen LogP contribution in [0.4, 0.5) is 0 Å². The summed E-state index contributed by atoms with van der Waals surface area (Å²) in [5, 5.41) is 12.1. The minimum absolute atomic E-state index is 0.273. The van der Waals surface area contributed by atoms with Crippen LogP contribution in [0.5, 0.6) is 17.2 Å². The molecule has 3 aromatic rings. The van der Waals surface area contributed by atoms with Crippen molar-refractivity contribution in [1.82, 2.24) is 0 Å². The number of hydrogen-bond donors (Lipinski definition) is 1. The van der Waals surface area contributed by atoms with Gasteiger partial charge in [0, 0.05) is 15.4 Å². The van der Waals surface area contributed by atoms with Gasteiger partial charge in [0.2, 0.25) is 0 Å². The van der Waals surface area contributed by atoms with E-state index in [1.807, 2.05) is 61.5 Å². The summed E-state index contributed by atoms with van der Waals surface area (Å²) in [5.41, 5.74) is 0.742. The van der Waals surface area contributed by atoms with Crippen molar-refractivity contribution < 1.29 is 9.84 Å². The van der Waals surface area contributed by atoms with Crippen LogP contribution < -0.4 is 4.74 Å². The van der Waals surface area contributed by atoms with Gasteiger partial charge in [0.1, 0.15) is 17.2 Å². The SMILES string of the molecule is Cc1c(Oc2ccc(Br)cc2)cc2ccccc2c1O. The van der Waals surface area contributed by atoms with E-state index in [1.54, 1.807) is 0 Å². The summed E-state index contributed by atoms with van der Waals surface area (Å²) in [6.45, 7) is 1.86. The van der Waals surface area contributed by atoms with Crippen molar-refractivity contribution in [2.75, 3.05) is 0 Å². The van der Waals surface area contributed by atoms with E-state index >= 15 is 0 Å². The summed E-state index contributed by atoms with van der Waals surface area (Å²) < 4.78 is 6.87. The molecule has 0 radical (unpaired) electrons. The van der Waals surface area contributed by atoms with E-state index in [4.69, 9.17) is 4.74 Å². The van der Waals surface area contributed by atoms with Crippen molar-refractivity contribution in [2.45, 2.75) is 6.92 Å². The van der Waals surface area contributed by atoms with Crippen molar-refractivity contribution in [1.29, 1.82) is 0 Å². The highest BCUT2D eigenvalue weighted by molar-refractivity contribution is 9.10. The summed E-state index contributed by atoms with van der Waals surface area (Å²) >= 11 is 3.39. The Bertz CT molecular complexity index is 764. The van der Waals surface area contributed by atoms with Crippen LogP contribution in [-0.4, -0.2) is 5.11 Å². The predicted molar refractivity (Wildman–Crippen MR) is 84.6 cm³/mol. The second-order valence-corrected chi connectivity index (χ2v) is 5.54. The van der Waals surface area contributed by atoms with Gasteiger partial charge in [0.25, 0.3) is 0 Å². The van der Waals surface area contributed by atoms with Gasteiger partial charge in [-0.3, -0.25) is 0 Å². The molecular formula is C17H13BrO2. The molecule has 3 rings (SSSR count). The van der Waals surface area contributed by atoms with Crippen molar-refractivity contribution in [2.24, 2.45) is 0 Å². The van der Waals surface area contributed by atoms with E-state index in [-0.39, 0.29) is 5.75 Å². The number of rotatable bonds is 2. The monoisotopic (exact) mass is 328 g/mol. The van der Waals surface area contributed by atoms with Crippen LogP contribution >= 0.6 is 15.9 Å². The molecule has 0 fully saturated rings. The number of aromatic hydroxyl groups is 1. The maximum absolute atomic E-state index is 10.3. The molecule has 0 saturated heterocycles. The van der Waals surface area contributed by atoms with Crippen molar-refractivity contribution in [3.05, 3.63) is 64.6 Å². The van der Waals surface area contributed by atoms with E-state index in [0.717, 1.165) is 26.6 Å². The van der Waals surface area contributed by atoms with E-state index in [9.17, 15) is 5.11 Å². The maximum atomic E-state index is 10.3. The average molecular weight is 329 g/mol. The summed E-state index contributed by atoms with van der Waals surface area (Å²) in [6.07, 6.45) is 0. The molecule has 0 amide bonds. The van der Waals surface area contributed by atoms with Gasteiger partial charge in [-0.05, 0) is 42.6 Å². The quantitative estimate of drug-likeness (QED) is 0.681. The zero-order valence-corrected chi connectivity index (χ0v) is 12.5. The Morgan fingerprint density at radius 2 is 1.70 bits per heavy atom. The van der Waals surface area contributed by atoms with Gasteiger partial charge in [-0.15, -0.1) is 0 Å². The van der Waals surface area contributed by atoms with Crippen molar-refractivity contribution >= 4 is 26.7 Å². The Morgan fingerprint density at radius 3 is 2.45 bits per heavy atom. The molecule has 1 N–H and O–H groups in total. The number of fused-ring (bicyclic) bond motifs is 1. The molecule has 0 unspecified atom stereocenters. The number of benzene rings is 3. The normalized spacial score (nSPS) is 10.7. The lowest BCUT2D eigenvalue weighted by molar-refractivity contribution is 0.453. The number of phenolic OH excluding ortho intramolecular Hbond substituents is 1. The van der Waals surface area contributed by atoms with Gasteiger partial charge in [-0.2, -0.15) is 0 Å². The van der Waals surface area contributed by atoms with Crippen LogP contribution in [0, 0.1) is 6.92 Å². The number of ether oxygens (including phenoxy) is 1. The first-order valence-corrected chi connectivity index (χ1v) is 7.09. The minimum atomic E-state index is 0.273. The molecule has 0 heterocycles. The molecular weight excluding hydrogens is 316 g/mol. The molecule has 0 aliphatic heterocycles. The first-order chi connectivity index (χ1) is 9.65. The lowest BCUT2D eigenvalue weighted by atomic mass is 10.1. The van der Waals surface area contributed by atoms with Crippen LogP contribution in [0.2, 0.25) is 0 Å². The second kappa shape index (κ2) is 5.17. The summed E-state index contributed by atoms with van der Waals surface area (Å²) in [7, 11) is 0. The Morgan fingerprint density at radius 1 is 1.00 bits per heavy atom. The molecule has 0 atom stereocenters. The lowest BCUT2D eigenvalue weighted by Gasteiger charge is -2.12. The van der Waals surface area contributed by atoms with Crippen molar-refractivity contribution in [3.8, 4) is 17.2 Å². The zero-order chi connectivity index (χ0) is 14.1. The fourth-order valence-electron chi connectivity index (χ4n) is 2.14. The molecule has 2 nitrogen and oxygen atoms in total. The van der Waals surface area contributed by atoms with Crippen LogP contribution in [0.1, 0.15) is 5.56 Å². The first kappa shape index (κ1) is 13.0. The Hall–Kier alpha value is -2.00. The fraction of sp³-hybridized carbons (Fsp3) is 0.0588. The fourth-order valence-corrected chi connectivity index (χ4v) is 2.41. The van der Waals surface area contributed by atoms with Gasteiger partial charge in [-0.25, -0.2) is 0 Å². The largest absolute Gasteiger partial charge is 0.507 e. The van der Waals surface area contributed by atoms with Crippen molar-refractivity contribution in [3.63, 3.8) is 0 Å². The molecule has 3 aromatic carbocycles. The zero-order valence-electron chi connectivity index (χ0n) is 10.9. The van der Waals surface area contributed by atoms with Gasteiger partial charge in [-0.1, -0.05) is 40.2 Å². The Balaban J connectivity index is 2.07. The van der Waals surface area contributed by atoms with E-state index in [0.29, 0.717) is 5.75 Å². The molecule has 20 heavy (non-hydrogen) atoms. The molecule has 0 spiro atoms. The third-order valence-corrected chi connectivity index (χ3v) is 3.80. The maximum Gasteiger partial charge on any atom is 0.134 e. The lowest BCUT2D eigenvalue weighted by Crippen LogP contribution is -1.89. The molecule has 0 aromatic heterocycles. The van der Waals surface area contributed by atoms with E-state index in [1.165, 1.54) is 0 Å². The standard InChI is InChI=1S/C17H13BrO2/c1-11-16(20-14-8-6-13(18)7-9-14)10-12-4-2-3-5-15(12)17(11)19/h2-10,19H,1H3. The number of halogens is 1. The topological polar surface area (TPSA) is 29.5 Å². The van der Waals surface area contributed by atoms with Crippen LogP contribution in [-0.2, 0) is 0 Å². The second-order valence-electron chi connectivity index (χ2n) is 4.63. The summed E-state index contributed by atoms with van der Waals surface area (Å²) in [6, 6.07) is 17.3. The Labute approximate surface area is 125 Å². The van der Waals surface area contributed by atoms with Crippen LogP contribution in [0.25, 0.3) is 10.8 Å². The molecule has 0 aliphatic rings. The molecule has 0 aliphatic carbocycles. The van der Waals surface area contributed by atoms with Crippen LogP contribution in [0.15, 0.2) is 59.1 Å². The van der Waals surface area contributed by atoms with Gasteiger partial charge in [0.05, 0.1) is 0 Å². The highest BCUT2D eigenvalue weighted by atomic mass is 79.9. The minimum Gasteiger partial charge on any atom is -0.507 e. The summed E-state index contributed by atoms with van der Waals surface area (Å²) in [5.74, 6) is 1.68. The molecule has 0 bridgehead atoms. The van der Waals surface area contributed by atoms with E-state index in [2.05, 4.69) is 15.9 Å². The molecule has 3 heteroatoms. The van der Waals surface area contributed by atoms with Crippen LogP contribution in [0.3, 0.4) is 0 Å².